The molecule has 29 heavy (non-hydrogen) atoms. The van der Waals surface area contributed by atoms with E-state index in [-0.39, 0.29) is 23.6 Å². The van der Waals surface area contributed by atoms with E-state index in [9.17, 15) is 9.59 Å². The van der Waals surface area contributed by atoms with E-state index in [1.165, 1.54) is 6.08 Å². The van der Waals surface area contributed by atoms with Crippen LogP contribution in [0.2, 0.25) is 10.0 Å². The summed E-state index contributed by atoms with van der Waals surface area (Å²) in [5, 5.41) is 1.10. The number of benzene rings is 3. The SMILES string of the molecule is O=C(C=Cc1ccccc1Cl)C1=C(c2ccccc2)c2cc(Cl)ccc2CC1=O. The normalized spacial score (nSPS) is 13.7. The van der Waals surface area contributed by atoms with E-state index >= 15 is 0 Å². The summed E-state index contributed by atoms with van der Waals surface area (Å²) in [5.41, 5.74) is 4.00. The van der Waals surface area contributed by atoms with Crippen molar-refractivity contribution in [2.45, 2.75) is 6.42 Å². The van der Waals surface area contributed by atoms with Gasteiger partial charge in [0.05, 0.1) is 5.57 Å². The fourth-order valence-corrected chi connectivity index (χ4v) is 3.87. The number of carbonyl (C=O) groups is 2. The van der Waals surface area contributed by atoms with Gasteiger partial charge in [0, 0.05) is 22.0 Å². The minimum atomic E-state index is -0.348. The predicted octanol–water partition coefficient (Wildman–Crippen LogP) is 6.20. The van der Waals surface area contributed by atoms with Gasteiger partial charge in [0.2, 0.25) is 0 Å². The molecular formula is C25H16Cl2O2. The first-order valence-corrected chi connectivity index (χ1v) is 9.89. The average Bonchev–Trinajstić information content (AvgIpc) is 2.73. The summed E-state index contributed by atoms with van der Waals surface area (Å²) in [6.45, 7) is 0. The highest BCUT2D eigenvalue weighted by atomic mass is 35.5. The Kier molecular flexibility index (Phi) is 5.48. The molecule has 0 aromatic heterocycles. The van der Waals surface area contributed by atoms with Crippen LogP contribution in [0.3, 0.4) is 0 Å². The van der Waals surface area contributed by atoms with Crippen LogP contribution in [0.4, 0.5) is 0 Å². The van der Waals surface area contributed by atoms with Crippen molar-refractivity contribution in [2.24, 2.45) is 0 Å². The predicted molar refractivity (Wildman–Crippen MR) is 118 cm³/mol. The number of allylic oxidation sites excluding steroid dienone is 2. The maximum absolute atomic E-state index is 13.1. The molecule has 2 nitrogen and oxygen atoms in total. The van der Waals surface area contributed by atoms with Gasteiger partial charge in [-0.1, -0.05) is 77.8 Å². The van der Waals surface area contributed by atoms with Crippen molar-refractivity contribution in [3.05, 3.63) is 117 Å². The Bertz CT molecular complexity index is 1170. The minimum absolute atomic E-state index is 0.170. The zero-order valence-corrected chi connectivity index (χ0v) is 16.9. The molecule has 0 aliphatic heterocycles. The van der Waals surface area contributed by atoms with Gasteiger partial charge in [0.15, 0.2) is 11.6 Å². The van der Waals surface area contributed by atoms with Gasteiger partial charge in [-0.25, -0.2) is 0 Å². The van der Waals surface area contributed by atoms with Crippen molar-refractivity contribution < 1.29 is 9.59 Å². The van der Waals surface area contributed by atoms with E-state index in [1.54, 1.807) is 18.2 Å². The third kappa shape index (κ3) is 3.95. The van der Waals surface area contributed by atoms with Crippen LogP contribution in [-0.4, -0.2) is 11.6 Å². The van der Waals surface area contributed by atoms with Crippen LogP contribution < -0.4 is 0 Å². The molecule has 0 radical (unpaired) electrons. The van der Waals surface area contributed by atoms with Crippen molar-refractivity contribution in [1.82, 2.24) is 0 Å². The second-order valence-corrected chi connectivity index (χ2v) is 7.58. The number of hydrogen-bond donors (Lipinski definition) is 0. The molecule has 0 amide bonds. The first kappa shape index (κ1) is 19.4. The minimum Gasteiger partial charge on any atom is -0.294 e. The molecular weight excluding hydrogens is 403 g/mol. The summed E-state index contributed by atoms with van der Waals surface area (Å²) in [4.78, 5) is 26.1. The van der Waals surface area contributed by atoms with Crippen LogP contribution in [0, 0.1) is 0 Å². The lowest BCUT2D eigenvalue weighted by atomic mass is 9.80. The summed E-state index contributed by atoms with van der Waals surface area (Å²) in [5.74, 6) is -0.549. The molecule has 1 aliphatic carbocycles. The van der Waals surface area contributed by atoms with Crippen molar-refractivity contribution in [3.8, 4) is 0 Å². The molecule has 0 spiro atoms. The summed E-state index contributed by atoms with van der Waals surface area (Å²) in [6, 6.07) is 22.1. The smallest absolute Gasteiger partial charge is 0.190 e. The maximum atomic E-state index is 13.1. The van der Waals surface area contributed by atoms with Crippen LogP contribution in [0.5, 0.6) is 0 Å². The average molecular weight is 419 g/mol. The molecule has 0 unspecified atom stereocenters. The number of hydrogen-bond acceptors (Lipinski definition) is 2. The topological polar surface area (TPSA) is 34.1 Å². The molecule has 0 atom stereocenters. The number of carbonyl (C=O) groups excluding carboxylic acids is 2. The highest BCUT2D eigenvalue weighted by molar-refractivity contribution is 6.34. The molecule has 0 saturated carbocycles. The number of rotatable bonds is 4. The lowest BCUT2D eigenvalue weighted by Crippen LogP contribution is -2.21. The number of Topliss-reactive ketones (excluding diaryl/α,β-unsaturated/α-hetero) is 1. The summed E-state index contributed by atoms with van der Waals surface area (Å²) < 4.78 is 0. The lowest BCUT2D eigenvalue weighted by Gasteiger charge is -2.22. The number of halogens is 2. The van der Waals surface area contributed by atoms with Gasteiger partial charge in [-0.2, -0.15) is 0 Å². The third-order valence-corrected chi connectivity index (χ3v) is 5.43. The summed E-state index contributed by atoms with van der Waals surface area (Å²) in [6.07, 6.45) is 3.22. The highest BCUT2D eigenvalue weighted by Crippen LogP contribution is 2.36. The summed E-state index contributed by atoms with van der Waals surface area (Å²) in [7, 11) is 0. The molecule has 3 aromatic rings. The molecule has 4 rings (SSSR count). The van der Waals surface area contributed by atoms with E-state index < -0.39 is 0 Å². The fraction of sp³-hybridized carbons (Fsp3) is 0.0400. The molecule has 0 fully saturated rings. The zero-order chi connectivity index (χ0) is 20.4. The molecule has 3 aromatic carbocycles. The van der Waals surface area contributed by atoms with Gasteiger partial charge >= 0.3 is 0 Å². The Labute approximate surface area is 179 Å². The second kappa shape index (κ2) is 8.20. The van der Waals surface area contributed by atoms with Crippen LogP contribution in [0.25, 0.3) is 11.6 Å². The van der Waals surface area contributed by atoms with E-state index in [0.717, 1.165) is 22.3 Å². The Morgan fingerprint density at radius 2 is 1.62 bits per heavy atom. The molecule has 0 heterocycles. The van der Waals surface area contributed by atoms with Crippen LogP contribution in [0.15, 0.2) is 84.4 Å². The van der Waals surface area contributed by atoms with E-state index in [1.807, 2.05) is 60.7 Å². The van der Waals surface area contributed by atoms with Gasteiger partial charge in [-0.15, -0.1) is 0 Å². The lowest BCUT2D eigenvalue weighted by molar-refractivity contribution is -0.119. The van der Waals surface area contributed by atoms with Crippen molar-refractivity contribution in [1.29, 1.82) is 0 Å². The van der Waals surface area contributed by atoms with Gasteiger partial charge in [-0.3, -0.25) is 9.59 Å². The van der Waals surface area contributed by atoms with Crippen molar-refractivity contribution >= 4 is 46.4 Å². The molecule has 0 bridgehead atoms. The molecule has 142 valence electrons. The Morgan fingerprint density at radius 3 is 2.38 bits per heavy atom. The number of fused-ring (bicyclic) bond motifs is 1. The van der Waals surface area contributed by atoms with Crippen LogP contribution >= 0.6 is 23.2 Å². The van der Waals surface area contributed by atoms with E-state index in [0.29, 0.717) is 15.6 Å². The van der Waals surface area contributed by atoms with Crippen LogP contribution in [-0.2, 0) is 16.0 Å². The summed E-state index contributed by atoms with van der Waals surface area (Å²) >= 11 is 12.4. The highest BCUT2D eigenvalue weighted by Gasteiger charge is 2.29. The first-order valence-electron chi connectivity index (χ1n) is 9.13. The Hall–Kier alpha value is -2.94. The monoisotopic (exact) mass is 418 g/mol. The van der Waals surface area contributed by atoms with E-state index in [4.69, 9.17) is 23.2 Å². The van der Waals surface area contributed by atoms with Crippen molar-refractivity contribution in [3.63, 3.8) is 0 Å². The fourth-order valence-electron chi connectivity index (χ4n) is 3.50. The third-order valence-electron chi connectivity index (χ3n) is 4.85. The van der Waals surface area contributed by atoms with Crippen LogP contribution in [0.1, 0.15) is 22.3 Å². The second-order valence-electron chi connectivity index (χ2n) is 6.74. The first-order chi connectivity index (χ1) is 14.0. The van der Waals surface area contributed by atoms with Gasteiger partial charge in [-0.05, 0) is 52.6 Å². The Balaban J connectivity index is 1.88. The quantitative estimate of drug-likeness (QED) is 0.373. The molecule has 0 N–H and O–H groups in total. The van der Waals surface area contributed by atoms with Gasteiger partial charge in [0.1, 0.15) is 0 Å². The zero-order valence-electron chi connectivity index (χ0n) is 15.4. The van der Waals surface area contributed by atoms with Gasteiger partial charge in [0.25, 0.3) is 0 Å². The number of ketones is 2. The molecule has 1 aliphatic rings. The maximum Gasteiger partial charge on any atom is 0.190 e. The van der Waals surface area contributed by atoms with E-state index in [2.05, 4.69) is 0 Å². The van der Waals surface area contributed by atoms with Crippen molar-refractivity contribution in [2.75, 3.05) is 0 Å². The van der Waals surface area contributed by atoms with Gasteiger partial charge < -0.3 is 0 Å². The Morgan fingerprint density at radius 1 is 0.897 bits per heavy atom. The largest absolute Gasteiger partial charge is 0.294 e. The molecule has 4 heteroatoms. The molecule has 0 saturated heterocycles. The standard InChI is InChI=1S/C25H16Cl2O2/c26-19-12-10-18-14-23(29)25(22(28)13-11-16-6-4-5-9-21(16)27)24(20(18)15-19)17-7-2-1-3-8-17/h1-13,15H,14H2.